The Morgan fingerprint density at radius 3 is 1.50 bits per heavy atom. The molecule has 0 N–H and O–H groups in total. The predicted octanol–water partition coefficient (Wildman–Crippen LogP) is 0.828. The third-order valence-corrected chi connectivity index (χ3v) is 0. The van der Waals surface area contributed by atoms with Gasteiger partial charge in [0.1, 0.15) is 6.66 Å². The van der Waals surface area contributed by atoms with E-state index in [1.54, 1.807) is 0 Å². The predicted molar refractivity (Wildman–Crippen MR) is 12.6 cm³/mol. The molecule has 0 spiro atoms. The van der Waals surface area contributed by atoms with Crippen molar-refractivity contribution >= 4 is 7.68 Å². The van der Waals surface area contributed by atoms with E-state index in [0.29, 0.717) is 0 Å². The van der Waals surface area contributed by atoms with Crippen LogP contribution in [0.15, 0.2) is 0 Å². The Hall–Kier alpha value is -0.100. The van der Waals surface area contributed by atoms with E-state index in [1.807, 2.05) is 0 Å². The molecule has 3 heteroatoms. The quantitative estimate of drug-likeness (QED) is 0.400. The van der Waals surface area contributed by atoms with Crippen molar-refractivity contribution in [2.45, 2.75) is 0 Å². The molecule has 0 saturated heterocycles. The molecule has 0 unspecified atom stereocenters. The van der Waals surface area contributed by atoms with Gasteiger partial charge in [0.25, 0.3) is 0 Å². The van der Waals surface area contributed by atoms with Gasteiger partial charge < -0.3 is 0 Å². The van der Waals surface area contributed by atoms with E-state index in [9.17, 15) is 0 Å². The molecule has 0 aliphatic rings. The summed E-state index contributed by atoms with van der Waals surface area (Å²) in [5.74, 6) is 0. The zero-order valence-electron chi connectivity index (χ0n) is 1.84. The summed E-state index contributed by atoms with van der Waals surface area (Å²) in [7, 11) is -2.62. The molecule has 0 bridgehead atoms. The SMILES string of the molecule is [CH]P(=O)=O. The lowest BCUT2D eigenvalue weighted by Crippen LogP contribution is -1.06. The van der Waals surface area contributed by atoms with E-state index < -0.39 is 7.68 Å². The first kappa shape index (κ1) is 3.90. The van der Waals surface area contributed by atoms with Crippen molar-refractivity contribution in [1.82, 2.24) is 0 Å². The van der Waals surface area contributed by atoms with Gasteiger partial charge in [-0.05, 0) is 0 Å². The maximum atomic E-state index is 8.81. The van der Waals surface area contributed by atoms with Crippen molar-refractivity contribution in [3.05, 3.63) is 6.66 Å². The van der Waals surface area contributed by atoms with Gasteiger partial charge in [0.05, 0.1) is 0 Å². The Bertz CT molecular complexity index is 54.4. The van der Waals surface area contributed by atoms with Gasteiger partial charge in [0.15, 0.2) is 0 Å². The van der Waals surface area contributed by atoms with Crippen LogP contribution in [0, 0.1) is 6.66 Å². The molecular weight excluding hydrogens is 75.0 g/mol. The molecule has 0 aromatic carbocycles. The molecular formula is CHO2P. The fourth-order valence-electron chi connectivity index (χ4n) is 0. The van der Waals surface area contributed by atoms with Gasteiger partial charge in [-0.15, -0.1) is 0 Å². The minimum absolute atomic E-state index is 2.62. The lowest BCUT2D eigenvalue weighted by Gasteiger charge is -1.31. The molecule has 2 radical (unpaired) electrons. The van der Waals surface area contributed by atoms with Gasteiger partial charge in [-0.2, -0.15) is 0 Å². The average molecular weight is 76.0 g/mol. The van der Waals surface area contributed by atoms with Gasteiger partial charge in [-0.3, -0.25) is 0 Å². The number of hydrogen-bond acceptors (Lipinski definition) is 2. The van der Waals surface area contributed by atoms with Crippen LogP contribution in [-0.2, 0) is 9.13 Å². The Morgan fingerprint density at radius 1 is 1.50 bits per heavy atom. The van der Waals surface area contributed by atoms with Gasteiger partial charge in [0.2, 0.25) is 0 Å². The molecule has 0 amide bonds. The highest BCUT2D eigenvalue weighted by Crippen LogP contribution is 1.90. The van der Waals surface area contributed by atoms with Crippen molar-refractivity contribution in [2.24, 2.45) is 0 Å². The molecule has 0 saturated carbocycles. The maximum absolute atomic E-state index is 8.81. The lowest BCUT2D eigenvalue weighted by atomic mass is 12.0. The largest absolute Gasteiger partial charge is 0.321 e. The van der Waals surface area contributed by atoms with E-state index in [4.69, 9.17) is 9.13 Å². The summed E-state index contributed by atoms with van der Waals surface area (Å²) >= 11 is 0. The fourth-order valence-corrected chi connectivity index (χ4v) is 0. The summed E-state index contributed by atoms with van der Waals surface area (Å²) in [5.41, 5.74) is 0. The topological polar surface area (TPSA) is 34.1 Å². The molecule has 4 heavy (non-hydrogen) atoms. The Labute approximate surface area is 24.6 Å². The van der Waals surface area contributed by atoms with Crippen molar-refractivity contribution in [1.29, 1.82) is 0 Å². The summed E-state index contributed by atoms with van der Waals surface area (Å²) in [4.78, 5) is 0. The smallest absolute Gasteiger partial charge is 0.237 e. The molecule has 0 aromatic heterocycles. The average Bonchev–Trinajstić information content (AvgIpc) is 0.811. The molecule has 0 aliphatic carbocycles. The molecule has 0 heterocycles. The normalized spacial score (nSPS) is 6.25. The second-order valence-corrected chi connectivity index (χ2v) is 0.856. The fraction of sp³-hybridized carbons (Fsp3) is 0. The second kappa shape index (κ2) is 1.24. The highest BCUT2D eigenvalue weighted by atomic mass is 31.1. The molecule has 0 aromatic rings. The van der Waals surface area contributed by atoms with Crippen LogP contribution in [0.5, 0.6) is 0 Å². The van der Waals surface area contributed by atoms with Crippen molar-refractivity contribution in [3.63, 3.8) is 0 Å². The summed E-state index contributed by atoms with van der Waals surface area (Å²) < 4.78 is 17.6. The first-order chi connectivity index (χ1) is 1.73. The molecule has 0 aliphatic heterocycles. The maximum Gasteiger partial charge on any atom is 0.321 e. The summed E-state index contributed by atoms with van der Waals surface area (Å²) in [6, 6.07) is 0. The highest BCUT2D eigenvalue weighted by molar-refractivity contribution is 7.32. The lowest BCUT2D eigenvalue weighted by molar-refractivity contribution is 0.522. The summed E-state index contributed by atoms with van der Waals surface area (Å²) in [6.45, 7) is 4.06. The summed E-state index contributed by atoms with van der Waals surface area (Å²) in [5, 5.41) is 0. The zero-order valence-corrected chi connectivity index (χ0v) is 2.74. The molecule has 22 valence electrons. The number of hydrogen-bond donors (Lipinski definition) is 0. The van der Waals surface area contributed by atoms with Crippen LogP contribution in [0.1, 0.15) is 0 Å². The van der Waals surface area contributed by atoms with Crippen LogP contribution in [0.25, 0.3) is 0 Å². The van der Waals surface area contributed by atoms with Crippen molar-refractivity contribution < 1.29 is 9.13 Å². The van der Waals surface area contributed by atoms with Crippen LogP contribution < -0.4 is 0 Å². The van der Waals surface area contributed by atoms with Crippen molar-refractivity contribution in [3.8, 4) is 0 Å². The van der Waals surface area contributed by atoms with Gasteiger partial charge in [-0.1, -0.05) is 0 Å². The first-order valence-corrected chi connectivity index (χ1v) is 1.87. The Kier molecular flexibility index (Phi) is 1.21. The standard InChI is InChI=1S/CHO2P/c1-4(2)3/h1H. The van der Waals surface area contributed by atoms with Gasteiger partial charge in [0, 0.05) is 0 Å². The second-order valence-electron chi connectivity index (χ2n) is 0.285. The minimum atomic E-state index is -2.62. The monoisotopic (exact) mass is 76.0 g/mol. The Morgan fingerprint density at radius 2 is 1.50 bits per heavy atom. The van der Waals surface area contributed by atoms with Crippen LogP contribution in [0.4, 0.5) is 0 Å². The van der Waals surface area contributed by atoms with Crippen LogP contribution in [0.2, 0.25) is 0 Å². The molecule has 0 atom stereocenters. The third kappa shape index (κ3) is 154. The Balaban J connectivity index is 3.51. The van der Waals surface area contributed by atoms with Crippen LogP contribution >= 0.6 is 7.68 Å². The van der Waals surface area contributed by atoms with E-state index in [2.05, 4.69) is 6.66 Å². The molecule has 0 rings (SSSR count). The third-order valence-electron chi connectivity index (χ3n) is 0. The molecule has 2 nitrogen and oxygen atoms in total. The van der Waals surface area contributed by atoms with E-state index in [1.165, 1.54) is 0 Å². The van der Waals surface area contributed by atoms with Crippen LogP contribution in [0.3, 0.4) is 0 Å². The van der Waals surface area contributed by atoms with Crippen LogP contribution in [-0.4, -0.2) is 0 Å². The van der Waals surface area contributed by atoms with Gasteiger partial charge >= 0.3 is 7.68 Å². The van der Waals surface area contributed by atoms with Crippen molar-refractivity contribution in [2.75, 3.05) is 0 Å². The summed E-state index contributed by atoms with van der Waals surface area (Å²) in [6.07, 6.45) is 0. The zero-order chi connectivity index (χ0) is 3.58. The first-order valence-electron chi connectivity index (χ1n) is 0.623. The molecule has 0 fully saturated rings. The van der Waals surface area contributed by atoms with Gasteiger partial charge in [-0.25, -0.2) is 9.13 Å². The van der Waals surface area contributed by atoms with E-state index in [0.717, 1.165) is 0 Å². The minimum Gasteiger partial charge on any atom is -0.237 e. The highest BCUT2D eigenvalue weighted by Gasteiger charge is 1.56. The van der Waals surface area contributed by atoms with E-state index >= 15 is 0 Å². The van der Waals surface area contributed by atoms with E-state index in [-0.39, 0.29) is 0 Å². The number of rotatable bonds is 0.